The smallest absolute Gasteiger partial charge is 0.253 e. The van der Waals surface area contributed by atoms with Gasteiger partial charge in [0, 0.05) is 29.7 Å². The van der Waals surface area contributed by atoms with Crippen molar-refractivity contribution in [2.75, 3.05) is 25.5 Å². The van der Waals surface area contributed by atoms with Crippen molar-refractivity contribution in [3.63, 3.8) is 0 Å². The van der Waals surface area contributed by atoms with E-state index in [-0.39, 0.29) is 17.7 Å². The Labute approximate surface area is 203 Å². The van der Waals surface area contributed by atoms with Crippen molar-refractivity contribution in [1.29, 1.82) is 0 Å². The Morgan fingerprint density at radius 3 is 2.59 bits per heavy atom. The molecule has 0 aliphatic carbocycles. The third-order valence-corrected chi connectivity index (χ3v) is 5.96. The second-order valence-electron chi connectivity index (χ2n) is 8.23. The van der Waals surface area contributed by atoms with Crippen LogP contribution in [0.1, 0.15) is 28.8 Å². The van der Waals surface area contributed by atoms with Crippen LogP contribution in [0.3, 0.4) is 0 Å². The first kappa shape index (κ1) is 23.6. The van der Waals surface area contributed by atoms with Crippen molar-refractivity contribution in [1.82, 2.24) is 9.88 Å². The minimum atomic E-state index is -0.294. The minimum absolute atomic E-state index is 0.0936. The van der Waals surface area contributed by atoms with Crippen molar-refractivity contribution in [2.45, 2.75) is 19.8 Å². The Hall–Kier alpha value is -3.58. The summed E-state index contributed by atoms with van der Waals surface area (Å²) >= 11 is 5.92. The molecule has 1 fully saturated rings. The first-order valence-electron chi connectivity index (χ1n) is 11.1. The third-order valence-electron chi connectivity index (χ3n) is 5.71. The number of benzene rings is 2. The highest BCUT2D eigenvalue weighted by molar-refractivity contribution is 6.30. The molecule has 1 N–H and O–H groups in total. The first-order chi connectivity index (χ1) is 16.4. The number of hydrogen-bond acceptors (Lipinski definition) is 5. The van der Waals surface area contributed by atoms with Crippen LogP contribution >= 0.6 is 11.6 Å². The molecule has 4 rings (SSSR count). The van der Waals surface area contributed by atoms with Crippen LogP contribution in [0.4, 0.5) is 5.69 Å². The monoisotopic (exact) mass is 479 g/mol. The van der Waals surface area contributed by atoms with E-state index in [4.69, 9.17) is 21.1 Å². The molecule has 176 valence electrons. The summed E-state index contributed by atoms with van der Waals surface area (Å²) in [6.45, 7) is 2.97. The van der Waals surface area contributed by atoms with Crippen molar-refractivity contribution in [3.05, 3.63) is 76.9 Å². The van der Waals surface area contributed by atoms with Gasteiger partial charge in [-0.3, -0.25) is 9.59 Å². The highest BCUT2D eigenvalue weighted by Gasteiger charge is 2.29. The fourth-order valence-corrected chi connectivity index (χ4v) is 4.01. The number of nitrogens with zero attached hydrogens (tertiary/aromatic N) is 2. The fourth-order valence-electron chi connectivity index (χ4n) is 3.88. The highest BCUT2D eigenvalue weighted by atomic mass is 35.5. The average Bonchev–Trinajstić information content (AvgIpc) is 2.86. The Morgan fingerprint density at radius 1 is 1.09 bits per heavy atom. The molecular weight excluding hydrogens is 454 g/mol. The number of carbonyl (C=O) groups excluding carboxylic acids is 2. The second kappa shape index (κ2) is 10.6. The topological polar surface area (TPSA) is 80.8 Å². The highest BCUT2D eigenvalue weighted by Crippen LogP contribution is 2.31. The number of halogens is 1. The number of amides is 2. The second-order valence-corrected chi connectivity index (χ2v) is 8.66. The van der Waals surface area contributed by atoms with Gasteiger partial charge in [-0.2, -0.15) is 0 Å². The Bertz CT molecular complexity index is 1170. The average molecular weight is 480 g/mol. The molecular formula is C26H26ClN3O4. The predicted octanol–water partition coefficient (Wildman–Crippen LogP) is 5.34. The van der Waals surface area contributed by atoms with Crippen molar-refractivity contribution < 1.29 is 19.1 Å². The lowest BCUT2D eigenvalue weighted by Crippen LogP contribution is -2.43. The quantitative estimate of drug-likeness (QED) is 0.516. The molecule has 0 bridgehead atoms. The van der Waals surface area contributed by atoms with Gasteiger partial charge in [0.05, 0.1) is 24.9 Å². The molecule has 2 amide bonds. The molecule has 8 heteroatoms. The summed E-state index contributed by atoms with van der Waals surface area (Å²) in [4.78, 5) is 31.7. The van der Waals surface area contributed by atoms with E-state index < -0.39 is 0 Å². The zero-order valence-corrected chi connectivity index (χ0v) is 19.8. The van der Waals surface area contributed by atoms with E-state index in [1.165, 1.54) is 0 Å². The molecule has 1 atom stereocenters. The SMILES string of the molecule is COc1cc(C)ccc1Oc1ccc(NC(=O)C2CCCN(C(=O)c3ccc(Cl)cc3)C2)cn1. The van der Waals surface area contributed by atoms with Gasteiger partial charge in [0.25, 0.3) is 5.91 Å². The number of pyridine rings is 1. The van der Waals surface area contributed by atoms with Crippen molar-refractivity contribution in [3.8, 4) is 17.4 Å². The number of rotatable bonds is 6. The maximum atomic E-state index is 12.9. The van der Waals surface area contributed by atoms with Crippen LogP contribution in [0.5, 0.6) is 17.4 Å². The zero-order valence-electron chi connectivity index (χ0n) is 19.1. The summed E-state index contributed by atoms with van der Waals surface area (Å²) in [5.41, 5.74) is 2.19. The molecule has 1 aliphatic rings. The van der Waals surface area contributed by atoms with E-state index in [0.29, 0.717) is 46.7 Å². The number of methoxy groups -OCH3 is 1. The number of likely N-dealkylation sites (tertiary alicyclic amines) is 1. The number of anilines is 1. The largest absolute Gasteiger partial charge is 0.493 e. The number of carbonyl (C=O) groups is 2. The Kier molecular flexibility index (Phi) is 7.33. The molecule has 0 spiro atoms. The molecule has 1 saturated heterocycles. The molecule has 7 nitrogen and oxygen atoms in total. The number of hydrogen-bond donors (Lipinski definition) is 1. The third kappa shape index (κ3) is 5.66. The van der Waals surface area contributed by atoms with Gasteiger partial charge in [0.1, 0.15) is 0 Å². The van der Waals surface area contributed by atoms with Crippen LogP contribution in [0.15, 0.2) is 60.8 Å². The van der Waals surface area contributed by atoms with E-state index in [2.05, 4.69) is 10.3 Å². The lowest BCUT2D eigenvalue weighted by atomic mass is 9.96. The lowest BCUT2D eigenvalue weighted by molar-refractivity contribution is -0.121. The van der Waals surface area contributed by atoms with Gasteiger partial charge >= 0.3 is 0 Å². The van der Waals surface area contributed by atoms with Crippen LogP contribution in [0.2, 0.25) is 5.02 Å². The van der Waals surface area contributed by atoms with Gasteiger partial charge in [-0.25, -0.2) is 4.98 Å². The molecule has 0 radical (unpaired) electrons. The van der Waals surface area contributed by atoms with E-state index in [0.717, 1.165) is 18.4 Å². The Balaban J connectivity index is 1.36. The summed E-state index contributed by atoms with van der Waals surface area (Å²) in [5.74, 6) is 1.04. The van der Waals surface area contributed by atoms with Crippen LogP contribution in [0, 0.1) is 12.8 Å². The number of aryl methyl sites for hydroxylation is 1. The fraction of sp³-hybridized carbons (Fsp3) is 0.269. The van der Waals surface area contributed by atoms with Gasteiger partial charge in [-0.05, 0) is 67.8 Å². The predicted molar refractivity (Wildman–Crippen MR) is 131 cm³/mol. The zero-order chi connectivity index (χ0) is 24.1. The number of piperidine rings is 1. The van der Waals surface area contributed by atoms with Crippen molar-refractivity contribution in [2.24, 2.45) is 5.92 Å². The summed E-state index contributed by atoms with van der Waals surface area (Å²) in [5, 5.41) is 3.48. The standard InChI is InChI=1S/C26H26ClN3O4/c1-17-5-11-22(23(14-17)33-2)34-24-12-10-21(15-28-24)29-25(31)19-4-3-13-30(16-19)26(32)18-6-8-20(27)9-7-18/h5-12,14-15,19H,3-4,13,16H2,1-2H3,(H,29,31). The van der Waals surface area contributed by atoms with E-state index in [1.54, 1.807) is 54.6 Å². The van der Waals surface area contributed by atoms with Crippen LogP contribution in [-0.4, -0.2) is 41.9 Å². The van der Waals surface area contributed by atoms with Gasteiger partial charge < -0.3 is 19.7 Å². The molecule has 0 saturated carbocycles. The lowest BCUT2D eigenvalue weighted by Gasteiger charge is -2.32. The molecule has 2 heterocycles. The molecule has 1 aromatic heterocycles. The van der Waals surface area contributed by atoms with Crippen LogP contribution in [-0.2, 0) is 4.79 Å². The van der Waals surface area contributed by atoms with E-state index in [1.807, 2.05) is 25.1 Å². The number of aromatic nitrogens is 1. The summed E-state index contributed by atoms with van der Waals surface area (Å²) < 4.78 is 11.2. The van der Waals surface area contributed by atoms with Gasteiger partial charge in [-0.1, -0.05) is 17.7 Å². The van der Waals surface area contributed by atoms with Crippen LogP contribution in [0.25, 0.3) is 0 Å². The number of nitrogens with one attached hydrogen (secondary N) is 1. The summed E-state index contributed by atoms with van der Waals surface area (Å²) in [6, 6.07) is 15.9. The molecule has 3 aromatic rings. The molecule has 34 heavy (non-hydrogen) atoms. The molecule has 2 aromatic carbocycles. The van der Waals surface area contributed by atoms with Gasteiger partial charge in [-0.15, -0.1) is 0 Å². The van der Waals surface area contributed by atoms with Gasteiger partial charge in [0.2, 0.25) is 11.8 Å². The van der Waals surface area contributed by atoms with Crippen LogP contribution < -0.4 is 14.8 Å². The van der Waals surface area contributed by atoms with Gasteiger partial charge in [0.15, 0.2) is 11.5 Å². The Morgan fingerprint density at radius 2 is 1.88 bits per heavy atom. The van der Waals surface area contributed by atoms with Crippen molar-refractivity contribution >= 4 is 29.1 Å². The normalized spacial score (nSPS) is 15.5. The molecule has 1 aliphatic heterocycles. The minimum Gasteiger partial charge on any atom is -0.493 e. The maximum Gasteiger partial charge on any atom is 0.253 e. The first-order valence-corrected chi connectivity index (χ1v) is 11.4. The molecule has 1 unspecified atom stereocenters. The number of ether oxygens (including phenoxy) is 2. The summed E-state index contributed by atoms with van der Waals surface area (Å²) in [7, 11) is 1.59. The van der Waals surface area contributed by atoms with E-state index in [9.17, 15) is 9.59 Å². The van der Waals surface area contributed by atoms with E-state index >= 15 is 0 Å². The maximum absolute atomic E-state index is 12.9. The summed E-state index contributed by atoms with van der Waals surface area (Å²) in [6.07, 6.45) is 3.03.